The lowest BCUT2D eigenvalue weighted by atomic mass is 9.98. The van der Waals surface area contributed by atoms with Crippen LogP contribution in [0.2, 0.25) is 5.02 Å². The van der Waals surface area contributed by atoms with Crippen molar-refractivity contribution in [3.05, 3.63) is 59.1 Å². The van der Waals surface area contributed by atoms with Gasteiger partial charge >= 0.3 is 5.97 Å². The van der Waals surface area contributed by atoms with E-state index in [0.29, 0.717) is 22.0 Å². The minimum atomic E-state index is -1.04. The zero-order valence-electron chi connectivity index (χ0n) is 15.1. The summed E-state index contributed by atoms with van der Waals surface area (Å²) in [6.45, 7) is 1.73. The third-order valence-electron chi connectivity index (χ3n) is 4.94. The highest BCUT2D eigenvalue weighted by Gasteiger charge is 2.59. The standard InChI is InChI=1S/C20H16ClN3O4/c1-11-13(21)9-6-10-14(11)23-18(25)15-16(20(27)28-2)22-24(17(15)19(23)26)12-7-4-3-5-8-12/h3-10,15,17H,1-2H3/t15-,17+/m0/s1. The summed E-state index contributed by atoms with van der Waals surface area (Å²) in [5.41, 5.74) is 1.52. The number of anilines is 2. The van der Waals surface area contributed by atoms with E-state index in [0.717, 1.165) is 4.90 Å². The molecular weight excluding hydrogens is 382 g/mol. The number of carbonyl (C=O) groups excluding carboxylic acids is 3. The molecule has 2 aliphatic rings. The van der Waals surface area contributed by atoms with Gasteiger partial charge in [0, 0.05) is 5.02 Å². The average Bonchev–Trinajstić information content (AvgIpc) is 3.22. The fraction of sp³-hybridized carbons (Fsp3) is 0.200. The van der Waals surface area contributed by atoms with Crippen molar-refractivity contribution in [3.8, 4) is 0 Å². The summed E-state index contributed by atoms with van der Waals surface area (Å²) in [5.74, 6) is -2.77. The summed E-state index contributed by atoms with van der Waals surface area (Å²) >= 11 is 6.18. The molecule has 0 radical (unpaired) electrons. The maximum absolute atomic E-state index is 13.3. The van der Waals surface area contributed by atoms with Crippen LogP contribution in [0.5, 0.6) is 0 Å². The molecule has 1 saturated heterocycles. The Morgan fingerprint density at radius 1 is 1.07 bits per heavy atom. The van der Waals surface area contributed by atoms with Crippen LogP contribution in [-0.2, 0) is 19.1 Å². The molecular formula is C20H16ClN3O4. The number of amides is 2. The Morgan fingerprint density at radius 2 is 1.79 bits per heavy atom. The van der Waals surface area contributed by atoms with Crippen molar-refractivity contribution in [2.24, 2.45) is 11.0 Å². The molecule has 0 saturated carbocycles. The Kier molecular flexibility index (Phi) is 4.39. The van der Waals surface area contributed by atoms with Crippen LogP contribution in [0.1, 0.15) is 5.56 Å². The molecule has 7 nitrogen and oxygen atoms in total. The molecule has 2 heterocycles. The number of nitrogens with zero attached hydrogens (tertiary/aromatic N) is 3. The van der Waals surface area contributed by atoms with E-state index in [4.69, 9.17) is 16.3 Å². The molecule has 2 aromatic carbocycles. The quantitative estimate of drug-likeness (QED) is 0.587. The number of ether oxygens (including phenoxy) is 1. The topological polar surface area (TPSA) is 79.3 Å². The number of hydrazone groups is 1. The van der Waals surface area contributed by atoms with E-state index in [1.54, 1.807) is 49.4 Å². The minimum Gasteiger partial charge on any atom is -0.464 e. The van der Waals surface area contributed by atoms with Crippen molar-refractivity contribution < 1.29 is 19.1 Å². The van der Waals surface area contributed by atoms with Gasteiger partial charge in [0.1, 0.15) is 12.0 Å². The summed E-state index contributed by atoms with van der Waals surface area (Å²) in [5, 5.41) is 6.12. The molecule has 0 N–H and O–H groups in total. The van der Waals surface area contributed by atoms with E-state index in [-0.39, 0.29) is 5.71 Å². The molecule has 1 fully saturated rings. The Labute approximate surface area is 166 Å². The van der Waals surface area contributed by atoms with Crippen molar-refractivity contribution in [3.63, 3.8) is 0 Å². The summed E-state index contributed by atoms with van der Waals surface area (Å²) < 4.78 is 4.79. The molecule has 4 rings (SSSR count). The van der Waals surface area contributed by atoms with Crippen molar-refractivity contribution >= 4 is 46.5 Å². The second kappa shape index (κ2) is 6.76. The summed E-state index contributed by atoms with van der Waals surface area (Å²) in [4.78, 5) is 39.9. The van der Waals surface area contributed by atoms with Crippen LogP contribution in [0, 0.1) is 12.8 Å². The number of benzene rings is 2. The molecule has 2 aliphatic heterocycles. The molecule has 0 bridgehead atoms. The van der Waals surface area contributed by atoms with Crippen molar-refractivity contribution in [2.75, 3.05) is 17.0 Å². The Hall–Kier alpha value is -3.19. The Morgan fingerprint density at radius 3 is 2.46 bits per heavy atom. The molecule has 8 heteroatoms. The molecule has 2 aromatic rings. The fourth-order valence-corrected chi connectivity index (χ4v) is 3.73. The van der Waals surface area contributed by atoms with E-state index in [2.05, 4.69) is 5.10 Å². The van der Waals surface area contributed by atoms with Crippen molar-refractivity contribution in [2.45, 2.75) is 13.0 Å². The monoisotopic (exact) mass is 397 g/mol. The summed E-state index contributed by atoms with van der Waals surface area (Å²) in [7, 11) is 1.21. The van der Waals surface area contributed by atoms with Gasteiger partial charge in [0.2, 0.25) is 5.91 Å². The number of imide groups is 1. The van der Waals surface area contributed by atoms with Gasteiger partial charge in [-0.15, -0.1) is 0 Å². The molecule has 0 aliphatic carbocycles. The first-order valence-corrected chi connectivity index (χ1v) is 8.97. The second-order valence-corrected chi connectivity index (χ2v) is 6.88. The first kappa shape index (κ1) is 18.2. The largest absolute Gasteiger partial charge is 0.464 e. The smallest absolute Gasteiger partial charge is 0.355 e. The number of hydrogen-bond donors (Lipinski definition) is 0. The lowest BCUT2D eigenvalue weighted by Crippen LogP contribution is -2.39. The van der Waals surface area contributed by atoms with E-state index < -0.39 is 29.7 Å². The molecule has 2 amide bonds. The predicted octanol–water partition coefficient (Wildman–Crippen LogP) is 2.56. The Bertz CT molecular complexity index is 1020. The van der Waals surface area contributed by atoms with E-state index in [9.17, 15) is 14.4 Å². The molecule has 2 atom stereocenters. The number of rotatable bonds is 3. The van der Waals surface area contributed by atoms with Gasteiger partial charge in [-0.1, -0.05) is 35.9 Å². The maximum atomic E-state index is 13.3. The Balaban J connectivity index is 1.84. The summed E-state index contributed by atoms with van der Waals surface area (Å²) in [6.07, 6.45) is 0. The molecule has 28 heavy (non-hydrogen) atoms. The lowest BCUT2D eigenvalue weighted by Gasteiger charge is -2.23. The number of methoxy groups -OCH3 is 1. The SMILES string of the molecule is COC(=O)C1=NN(c2ccccc2)[C@H]2C(=O)N(c3cccc(Cl)c3C)C(=O)[C@@H]12. The van der Waals surface area contributed by atoms with Gasteiger partial charge in [0.15, 0.2) is 5.71 Å². The van der Waals surface area contributed by atoms with Gasteiger partial charge in [-0.2, -0.15) is 5.10 Å². The first-order valence-electron chi connectivity index (χ1n) is 8.59. The zero-order valence-corrected chi connectivity index (χ0v) is 15.9. The first-order chi connectivity index (χ1) is 13.5. The van der Waals surface area contributed by atoms with Crippen LogP contribution in [0.25, 0.3) is 0 Å². The molecule has 0 aromatic heterocycles. The zero-order chi connectivity index (χ0) is 20.0. The number of esters is 1. The highest BCUT2D eigenvalue weighted by Crippen LogP contribution is 2.39. The number of carbonyl (C=O) groups is 3. The van der Waals surface area contributed by atoms with E-state index in [1.807, 2.05) is 6.07 Å². The fourth-order valence-electron chi connectivity index (χ4n) is 3.56. The highest BCUT2D eigenvalue weighted by atomic mass is 35.5. The number of hydrogen-bond acceptors (Lipinski definition) is 6. The molecule has 0 spiro atoms. The van der Waals surface area contributed by atoms with Gasteiger partial charge < -0.3 is 4.74 Å². The minimum absolute atomic E-state index is 0.0862. The van der Waals surface area contributed by atoms with Gasteiger partial charge in [0.25, 0.3) is 5.91 Å². The third kappa shape index (κ3) is 2.58. The van der Waals surface area contributed by atoms with Crippen LogP contribution in [0.4, 0.5) is 11.4 Å². The third-order valence-corrected chi connectivity index (χ3v) is 5.35. The molecule has 142 valence electrons. The van der Waals surface area contributed by atoms with Crippen LogP contribution in [0.3, 0.4) is 0 Å². The van der Waals surface area contributed by atoms with Crippen molar-refractivity contribution in [1.29, 1.82) is 0 Å². The van der Waals surface area contributed by atoms with Crippen LogP contribution in [0.15, 0.2) is 53.6 Å². The second-order valence-electron chi connectivity index (χ2n) is 6.48. The van der Waals surface area contributed by atoms with Gasteiger partial charge in [0.05, 0.1) is 18.5 Å². The van der Waals surface area contributed by atoms with E-state index in [1.165, 1.54) is 12.1 Å². The maximum Gasteiger partial charge on any atom is 0.355 e. The van der Waals surface area contributed by atoms with Gasteiger partial charge in [-0.05, 0) is 36.8 Å². The highest BCUT2D eigenvalue weighted by molar-refractivity contribution is 6.47. The normalized spacial score (nSPS) is 21.0. The number of fused-ring (bicyclic) bond motifs is 1. The summed E-state index contributed by atoms with van der Waals surface area (Å²) in [6, 6.07) is 13.0. The lowest BCUT2D eigenvalue weighted by molar-refractivity contribution is -0.133. The number of para-hydroxylation sites is 1. The molecule has 0 unspecified atom stereocenters. The van der Waals surface area contributed by atoms with Gasteiger partial charge in [-0.25, -0.2) is 9.69 Å². The van der Waals surface area contributed by atoms with Gasteiger partial charge in [-0.3, -0.25) is 14.6 Å². The van der Waals surface area contributed by atoms with Crippen LogP contribution < -0.4 is 9.91 Å². The average molecular weight is 398 g/mol. The predicted molar refractivity (Wildman–Crippen MR) is 104 cm³/mol. The number of halogens is 1. The van der Waals surface area contributed by atoms with E-state index >= 15 is 0 Å². The van der Waals surface area contributed by atoms with Crippen LogP contribution >= 0.6 is 11.6 Å². The van der Waals surface area contributed by atoms with Crippen LogP contribution in [-0.4, -0.2) is 36.6 Å². The van der Waals surface area contributed by atoms with Crippen molar-refractivity contribution in [1.82, 2.24) is 0 Å².